The van der Waals surface area contributed by atoms with Gasteiger partial charge in [0.05, 0.1) is 17.2 Å². The lowest BCUT2D eigenvalue weighted by molar-refractivity contribution is -0.0779. The topological polar surface area (TPSA) is 60.2 Å². The zero-order chi connectivity index (χ0) is 13.4. The van der Waals surface area contributed by atoms with Crippen LogP contribution in [0.15, 0.2) is 24.5 Å². The van der Waals surface area contributed by atoms with Gasteiger partial charge >= 0.3 is 0 Å². The summed E-state index contributed by atoms with van der Waals surface area (Å²) in [5.41, 5.74) is 3.74. The maximum Gasteiger partial charge on any atom is 0.0681 e. The van der Waals surface area contributed by atoms with Crippen LogP contribution in [0.5, 0.6) is 0 Å². The van der Waals surface area contributed by atoms with Crippen molar-refractivity contribution in [1.82, 2.24) is 10.4 Å². The van der Waals surface area contributed by atoms with Crippen molar-refractivity contribution in [2.24, 2.45) is 11.8 Å². The number of ether oxygens (including phenoxy) is 1. The van der Waals surface area contributed by atoms with Crippen LogP contribution < -0.4 is 11.3 Å². The Balaban J connectivity index is 2.29. The van der Waals surface area contributed by atoms with Gasteiger partial charge in [0.25, 0.3) is 0 Å². The van der Waals surface area contributed by atoms with E-state index in [-0.39, 0.29) is 17.2 Å². The molecule has 1 aliphatic heterocycles. The number of rotatable bonds is 3. The van der Waals surface area contributed by atoms with Crippen LogP contribution in [-0.2, 0) is 4.74 Å². The zero-order valence-corrected chi connectivity index (χ0v) is 11.6. The molecule has 18 heavy (non-hydrogen) atoms. The first kappa shape index (κ1) is 13.5. The Labute approximate surface area is 109 Å². The van der Waals surface area contributed by atoms with Gasteiger partial charge in [-0.05, 0) is 45.7 Å². The molecule has 0 radical (unpaired) electrons. The van der Waals surface area contributed by atoms with Gasteiger partial charge in [0, 0.05) is 18.3 Å². The van der Waals surface area contributed by atoms with Gasteiger partial charge in [-0.15, -0.1) is 0 Å². The van der Waals surface area contributed by atoms with Crippen molar-refractivity contribution in [2.75, 3.05) is 0 Å². The van der Waals surface area contributed by atoms with Gasteiger partial charge in [0.15, 0.2) is 0 Å². The number of hydrogen-bond donors (Lipinski definition) is 2. The molecule has 1 aromatic rings. The third kappa shape index (κ3) is 2.55. The highest BCUT2D eigenvalue weighted by atomic mass is 16.5. The van der Waals surface area contributed by atoms with E-state index in [1.807, 2.05) is 12.3 Å². The van der Waals surface area contributed by atoms with Crippen LogP contribution in [0.3, 0.4) is 0 Å². The second kappa shape index (κ2) is 4.61. The summed E-state index contributed by atoms with van der Waals surface area (Å²) in [6, 6.07) is 4.06. The Morgan fingerprint density at radius 1 is 1.44 bits per heavy atom. The molecule has 2 heterocycles. The number of aromatic nitrogens is 1. The summed E-state index contributed by atoms with van der Waals surface area (Å²) in [5.74, 6) is 6.08. The summed E-state index contributed by atoms with van der Waals surface area (Å²) in [7, 11) is 0. The number of hydrazine groups is 1. The van der Waals surface area contributed by atoms with Crippen molar-refractivity contribution in [3.05, 3.63) is 30.1 Å². The minimum atomic E-state index is -0.198. The van der Waals surface area contributed by atoms with E-state index < -0.39 is 0 Å². The number of nitrogens with one attached hydrogen (secondary N) is 1. The predicted molar refractivity (Wildman–Crippen MR) is 71.7 cm³/mol. The molecule has 0 aromatic carbocycles. The van der Waals surface area contributed by atoms with Crippen LogP contribution in [0.2, 0.25) is 0 Å². The van der Waals surface area contributed by atoms with Gasteiger partial charge in [-0.3, -0.25) is 16.3 Å². The largest absolute Gasteiger partial charge is 0.369 e. The number of nitrogens with zero attached hydrogens (tertiary/aromatic N) is 1. The molecule has 1 aromatic heterocycles. The molecule has 1 fully saturated rings. The number of pyridine rings is 1. The molecule has 0 bridgehead atoms. The fraction of sp³-hybridized carbons (Fsp3) is 0.643. The molecule has 4 nitrogen and oxygen atoms in total. The molecule has 4 heteroatoms. The Hall–Kier alpha value is -0.970. The average molecular weight is 249 g/mol. The monoisotopic (exact) mass is 249 g/mol. The summed E-state index contributed by atoms with van der Waals surface area (Å²) >= 11 is 0. The first-order valence-corrected chi connectivity index (χ1v) is 6.42. The maximum atomic E-state index is 6.14. The number of hydrogen-bond acceptors (Lipinski definition) is 4. The fourth-order valence-electron chi connectivity index (χ4n) is 3.13. The highest BCUT2D eigenvalue weighted by Gasteiger charge is 2.49. The minimum absolute atomic E-state index is 0.0653. The normalized spacial score (nSPS) is 27.1. The molecule has 0 amide bonds. The summed E-state index contributed by atoms with van der Waals surface area (Å²) in [4.78, 5) is 4.17. The van der Waals surface area contributed by atoms with Gasteiger partial charge < -0.3 is 4.74 Å². The Bertz CT molecular complexity index is 403. The third-order valence-electron chi connectivity index (χ3n) is 3.77. The van der Waals surface area contributed by atoms with Gasteiger partial charge in [-0.25, -0.2) is 0 Å². The van der Waals surface area contributed by atoms with Gasteiger partial charge in [0.2, 0.25) is 0 Å². The SMILES string of the molecule is CC1(C)CC(C(NN)c2cccnc2)C(C)(C)O1. The van der Waals surface area contributed by atoms with Crippen molar-refractivity contribution in [3.8, 4) is 0 Å². The predicted octanol–water partition coefficient (Wildman–Crippen LogP) is 2.18. The molecule has 3 N–H and O–H groups in total. The van der Waals surface area contributed by atoms with E-state index in [9.17, 15) is 0 Å². The highest BCUT2D eigenvalue weighted by Crippen LogP contribution is 2.47. The zero-order valence-electron chi connectivity index (χ0n) is 11.6. The van der Waals surface area contributed by atoms with E-state index >= 15 is 0 Å². The molecule has 2 unspecified atom stereocenters. The molecule has 1 aliphatic rings. The van der Waals surface area contributed by atoms with Crippen LogP contribution in [-0.4, -0.2) is 16.2 Å². The van der Waals surface area contributed by atoms with E-state index in [0.29, 0.717) is 5.92 Å². The Morgan fingerprint density at radius 2 is 2.17 bits per heavy atom. The molecule has 0 aliphatic carbocycles. The average Bonchev–Trinajstić information content (AvgIpc) is 2.50. The van der Waals surface area contributed by atoms with Crippen molar-refractivity contribution < 1.29 is 4.74 Å². The van der Waals surface area contributed by atoms with Crippen molar-refractivity contribution in [1.29, 1.82) is 0 Å². The molecule has 2 rings (SSSR count). The smallest absolute Gasteiger partial charge is 0.0681 e. The lowest BCUT2D eigenvalue weighted by Gasteiger charge is -2.32. The summed E-state index contributed by atoms with van der Waals surface area (Å²) in [6.45, 7) is 8.53. The molecular formula is C14H23N3O. The molecule has 2 atom stereocenters. The second-order valence-electron chi connectivity index (χ2n) is 6.21. The molecule has 0 saturated carbocycles. The maximum absolute atomic E-state index is 6.14. The van der Waals surface area contributed by atoms with E-state index in [1.165, 1.54) is 0 Å². The van der Waals surface area contributed by atoms with Crippen molar-refractivity contribution in [3.63, 3.8) is 0 Å². The van der Waals surface area contributed by atoms with Crippen molar-refractivity contribution >= 4 is 0 Å². The summed E-state index contributed by atoms with van der Waals surface area (Å²) in [6.07, 6.45) is 4.62. The molecule has 0 spiro atoms. The summed E-state index contributed by atoms with van der Waals surface area (Å²) in [5, 5.41) is 0. The fourth-order valence-corrected chi connectivity index (χ4v) is 3.13. The molecule has 100 valence electrons. The third-order valence-corrected chi connectivity index (χ3v) is 3.77. The van der Waals surface area contributed by atoms with E-state index in [2.05, 4.69) is 44.2 Å². The first-order valence-electron chi connectivity index (χ1n) is 6.42. The lowest BCUT2D eigenvalue weighted by Crippen LogP contribution is -2.41. The van der Waals surface area contributed by atoms with E-state index in [4.69, 9.17) is 10.6 Å². The van der Waals surface area contributed by atoms with Crippen LogP contribution in [0.25, 0.3) is 0 Å². The summed E-state index contributed by atoms with van der Waals surface area (Å²) < 4.78 is 6.14. The lowest BCUT2D eigenvalue weighted by atomic mass is 9.79. The van der Waals surface area contributed by atoms with Crippen LogP contribution in [0, 0.1) is 5.92 Å². The highest BCUT2D eigenvalue weighted by molar-refractivity contribution is 5.17. The Morgan fingerprint density at radius 3 is 2.61 bits per heavy atom. The van der Waals surface area contributed by atoms with Gasteiger partial charge in [-0.2, -0.15) is 0 Å². The molecular weight excluding hydrogens is 226 g/mol. The number of nitrogens with two attached hydrogens (primary N) is 1. The van der Waals surface area contributed by atoms with E-state index in [0.717, 1.165) is 12.0 Å². The van der Waals surface area contributed by atoms with Crippen LogP contribution in [0.1, 0.15) is 45.7 Å². The first-order chi connectivity index (χ1) is 8.36. The Kier molecular flexibility index (Phi) is 3.45. The standard InChI is InChI=1S/C14H23N3O/c1-13(2)8-11(14(3,4)18-13)12(17-15)10-6-5-7-16-9-10/h5-7,9,11-12,17H,8,15H2,1-4H3. The van der Waals surface area contributed by atoms with Crippen LogP contribution in [0.4, 0.5) is 0 Å². The van der Waals surface area contributed by atoms with Gasteiger partial charge in [0.1, 0.15) is 0 Å². The van der Waals surface area contributed by atoms with E-state index in [1.54, 1.807) is 6.20 Å². The molecule has 1 saturated heterocycles. The van der Waals surface area contributed by atoms with Crippen LogP contribution >= 0.6 is 0 Å². The van der Waals surface area contributed by atoms with Crippen molar-refractivity contribution in [2.45, 2.75) is 51.4 Å². The van der Waals surface area contributed by atoms with Gasteiger partial charge in [-0.1, -0.05) is 6.07 Å². The quantitative estimate of drug-likeness (QED) is 0.637. The second-order valence-corrected chi connectivity index (χ2v) is 6.21. The minimum Gasteiger partial charge on any atom is -0.369 e.